The molecule has 42 heavy (non-hydrogen) atoms. The number of rotatable bonds is 8. The summed E-state index contributed by atoms with van der Waals surface area (Å²) in [6, 6.07) is 9.90. The van der Waals surface area contributed by atoms with Gasteiger partial charge in [0.15, 0.2) is 17.7 Å². The van der Waals surface area contributed by atoms with E-state index in [0.717, 1.165) is 0 Å². The second-order valence-corrected chi connectivity index (χ2v) is 10.7. The summed E-state index contributed by atoms with van der Waals surface area (Å²) in [5, 5.41) is 44.5. The Morgan fingerprint density at radius 2 is 1.64 bits per heavy atom. The monoisotopic (exact) mass is 577 g/mol. The number of hydrogen-bond donors (Lipinski definition) is 6. The first-order chi connectivity index (χ1) is 20.1. The summed E-state index contributed by atoms with van der Waals surface area (Å²) in [7, 11) is 1.64. The first kappa shape index (κ1) is 27.8. The number of phenols is 1. The van der Waals surface area contributed by atoms with Crippen LogP contribution in [-0.4, -0.2) is 88.6 Å². The SMILES string of the molecule is CC(C)OC(C(O)C(O)CO)N(C)c1cc2c(cc1-c1cc3[nH]c4ccc(O)cc4c3c3c1C(=O)NC3=O)OCCO2. The van der Waals surface area contributed by atoms with E-state index in [4.69, 9.17) is 14.2 Å². The van der Waals surface area contributed by atoms with Gasteiger partial charge in [-0.25, -0.2) is 0 Å². The first-order valence-corrected chi connectivity index (χ1v) is 13.6. The van der Waals surface area contributed by atoms with Crippen molar-refractivity contribution < 1.29 is 44.2 Å². The van der Waals surface area contributed by atoms with E-state index >= 15 is 0 Å². The molecule has 12 heteroatoms. The molecule has 6 N–H and O–H groups in total. The smallest absolute Gasteiger partial charge is 0.259 e. The highest BCUT2D eigenvalue weighted by Crippen LogP contribution is 2.46. The molecular formula is C30H31N3O9. The summed E-state index contributed by atoms with van der Waals surface area (Å²) in [5.41, 5.74) is 2.84. The standard InChI is InChI=1S/C30H31N3O9/c1-13(2)42-30(27(37)21(36)12-34)33(3)20-11-23-22(40-6-7-41-23)10-15(20)16-9-19-24(26-25(16)28(38)32-29(26)39)17-8-14(35)4-5-18(17)31-19/h4-5,8-11,13,21,27,30-31,34-37H,6-7,12H2,1-3H3,(H,32,38,39). The minimum absolute atomic E-state index is 0.0153. The third-order valence-corrected chi connectivity index (χ3v) is 7.55. The fourth-order valence-corrected chi connectivity index (χ4v) is 5.66. The second kappa shape index (κ2) is 10.5. The van der Waals surface area contributed by atoms with E-state index < -0.39 is 36.9 Å². The zero-order chi connectivity index (χ0) is 29.9. The van der Waals surface area contributed by atoms with E-state index in [1.54, 1.807) is 50.1 Å². The maximum absolute atomic E-state index is 13.3. The molecule has 0 aliphatic carbocycles. The van der Waals surface area contributed by atoms with Crippen LogP contribution in [0.3, 0.4) is 0 Å². The van der Waals surface area contributed by atoms with Crippen molar-refractivity contribution in [2.75, 3.05) is 31.8 Å². The molecule has 0 saturated heterocycles. The van der Waals surface area contributed by atoms with Crippen LogP contribution in [0.5, 0.6) is 17.2 Å². The Kier molecular flexibility index (Phi) is 6.93. The third-order valence-electron chi connectivity index (χ3n) is 7.55. The van der Waals surface area contributed by atoms with Crippen molar-refractivity contribution in [2.24, 2.45) is 0 Å². The summed E-state index contributed by atoms with van der Waals surface area (Å²) < 4.78 is 17.7. The van der Waals surface area contributed by atoms with E-state index in [-0.39, 0.29) is 23.0 Å². The lowest BCUT2D eigenvalue weighted by Gasteiger charge is -2.37. The van der Waals surface area contributed by atoms with Crippen LogP contribution in [0.25, 0.3) is 32.9 Å². The van der Waals surface area contributed by atoms with Crippen LogP contribution in [0.15, 0.2) is 36.4 Å². The van der Waals surface area contributed by atoms with Crippen LogP contribution in [0.4, 0.5) is 5.69 Å². The fraction of sp³-hybridized carbons (Fsp3) is 0.333. The predicted molar refractivity (Wildman–Crippen MR) is 153 cm³/mol. The van der Waals surface area contributed by atoms with Gasteiger partial charge in [0.25, 0.3) is 11.8 Å². The van der Waals surface area contributed by atoms with Crippen LogP contribution in [0, 0.1) is 0 Å². The maximum Gasteiger partial charge on any atom is 0.259 e. The number of nitrogens with zero attached hydrogens (tertiary/aromatic N) is 1. The third kappa shape index (κ3) is 4.49. The van der Waals surface area contributed by atoms with Gasteiger partial charge in [0.1, 0.15) is 31.2 Å². The molecule has 12 nitrogen and oxygen atoms in total. The number of H-pyrrole nitrogens is 1. The molecule has 0 bridgehead atoms. The van der Waals surface area contributed by atoms with Crippen molar-refractivity contribution in [3.8, 4) is 28.4 Å². The normalized spacial score (nSPS) is 16.5. The van der Waals surface area contributed by atoms with Crippen molar-refractivity contribution in [3.63, 3.8) is 0 Å². The van der Waals surface area contributed by atoms with Gasteiger partial charge >= 0.3 is 0 Å². The fourth-order valence-electron chi connectivity index (χ4n) is 5.66. The summed E-state index contributed by atoms with van der Waals surface area (Å²) >= 11 is 0. The number of aromatic amines is 1. The minimum atomic E-state index is -1.51. The van der Waals surface area contributed by atoms with Gasteiger partial charge in [-0.3, -0.25) is 14.9 Å². The van der Waals surface area contributed by atoms with Crippen molar-refractivity contribution in [2.45, 2.75) is 38.4 Å². The summed E-state index contributed by atoms with van der Waals surface area (Å²) in [4.78, 5) is 31.4. The first-order valence-electron chi connectivity index (χ1n) is 13.6. The van der Waals surface area contributed by atoms with Gasteiger partial charge in [-0.1, -0.05) is 0 Å². The number of benzene rings is 3. The average molecular weight is 578 g/mol. The highest BCUT2D eigenvalue weighted by atomic mass is 16.6. The predicted octanol–water partition coefficient (Wildman–Crippen LogP) is 2.25. The molecule has 220 valence electrons. The van der Waals surface area contributed by atoms with E-state index in [1.807, 2.05) is 0 Å². The molecule has 3 unspecified atom stereocenters. The molecule has 0 radical (unpaired) electrons. The van der Waals surface area contributed by atoms with E-state index in [1.165, 1.54) is 12.1 Å². The number of carbonyl (C=O) groups is 2. The number of anilines is 1. The van der Waals surface area contributed by atoms with Crippen LogP contribution < -0.4 is 19.7 Å². The average Bonchev–Trinajstić information content (AvgIpc) is 3.48. The number of likely N-dealkylation sites (N-methyl/N-ethyl adjacent to an activating group) is 1. The molecule has 0 saturated carbocycles. The Labute approximate surface area is 240 Å². The van der Waals surface area contributed by atoms with Crippen LogP contribution >= 0.6 is 0 Å². The molecule has 4 aromatic rings. The lowest BCUT2D eigenvalue weighted by atomic mass is 9.91. The van der Waals surface area contributed by atoms with E-state index in [2.05, 4.69) is 10.3 Å². The molecule has 3 aromatic carbocycles. The van der Waals surface area contributed by atoms with Crippen molar-refractivity contribution in [1.82, 2.24) is 10.3 Å². The highest BCUT2D eigenvalue weighted by Gasteiger charge is 2.37. The van der Waals surface area contributed by atoms with Gasteiger partial charge in [-0.05, 0) is 49.7 Å². The molecule has 6 rings (SSSR count). The van der Waals surface area contributed by atoms with Gasteiger partial charge in [-0.15, -0.1) is 0 Å². The Hall–Kier alpha value is -4.36. The maximum atomic E-state index is 13.3. The number of aliphatic hydroxyl groups excluding tert-OH is 3. The molecular weight excluding hydrogens is 546 g/mol. The number of imide groups is 1. The van der Waals surface area contributed by atoms with Crippen molar-refractivity contribution in [1.29, 1.82) is 0 Å². The molecule has 2 amide bonds. The molecule has 3 atom stereocenters. The molecule has 3 heterocycles. The van der Waals surface area contributed by atoms with E-state index in [9.17, 15) is 30.0 Å². The number of aliphatic hydroxyl groups is 3. The lowest BCUT2D eigenvalue weighted by molar-refractivity contribution is -0.115. The molecule has 2 aliphatic rings. The molecule has 0 spiro atoms. The topological polar surface area (TPSA) is 174 Å². The number of aromatic hydroxyl groups is 1. The van der Waals surface area contributed by atoms with Gasteiger partial charge in [0.05, 0.1) is 29.5 Å². The second-order valence-electron chi connectivity index (χ2n) is 10.7. The van der Waals surface area contributed by atoms with Crippen LogP contribution in [-0.2, 0) is 4.74 Å². The number of ether oxygens (including phenoxy) is 3. The Bertz CT molecular complexity index is 1730. The van der Waals surface area contributed by atoms with Crippen LogP contribution in [0.2, 0.25) is 0 Å². The number of aromatic nitrogens is 1. The number of amides is 2. The number of nitrogens with one attached hydrogen (secondary N) is 2. The minimum Gasteiger partial charge on any atom is -0.508 e. The highest BCUT2D eigenvalue weighted by molar-refractivity contribution is 6.32. The van der Waals surface area contributed by atoms with Gasteiger partial charge in [-0.2, -0.15) is 0 Å². The van der Waals surface area contributed by atoms with Gasteiger partial charge in [0.2, 0.25) is 0 Å². The lowest BCUT2D eigenvalue weighted by Crippen LogP contribution is -2.51. The Balaban J connectivity index is 1.63. The van der Waals surface area contributed by atoms with Crippen molar-refractivity contribution in [3.05, 3.63) is 47.5 Å². The summed E-state index contributed by atoms with van der Waals surface area (Å²) in [6.45, 7) is 3.47. The van der Waals surface area contributed by atoms with E-state index in [0.29, 0.717) is 63.3 Å². The quantitative estimate of drug-likeness (QED) is 0.135. The molecule has 1 aromatic heterocycles. The van der Waals surface area contributed by atoms with Gasteiger partial charge < -0.3 is 44.5 Å². The molecule has 2 aliphatic heterocycles. The molecule has 0 fully saturated rings. The zero-order valence-electron chi connectivity index (χ0n) is 23.2. The van der Waals surface area contributed by atoms with Crippen LogP contribution in [0.1, 0.15) is 34.6 Å². The number of carbonyl (C=O) groups excluding carboxylic acids is 2. The largest absolute Gasteiger partial charge is 0.508 e. The van der Waals surface area contributed by atoms with Gasteiger partial charge in [0, 0.05) is 40.5 Å². The Morgan fingerprint density at radius 1 is 0.952 bits per heavy atom. The number of hydrogen-bond acceptors (Lipinski definition) is 10. The Morgan fingerprint density at radius 3 is 2.33 bits per heavy atom. The van der Waals surface area contributed by atoms with Crippen molar-refractivity contribution >= 4 is 39.3 Å². The summed E-state index contributed by atoms with van der Waals surface area (Å²) in [5.74, 6) is -0.296. The number of fused-ring (bicyclic) bond motifs is 6. The summed E-state index contributed by atoms with van der Waals surface area (Å²) in [6.07, 6.45) is -4.51. The zero-order valence-corrected chi connectivity index (χ0v) is 23.2. The number of phenolic OH excluding ortho intramolecular Hbond substituents is 1.